The molecule has 4 nitrogen and oxygen atoms in total. The molecular weight excluding hydrogens is 323 g/mol. The highest BCUT2D eigenvalue weighted by Gasteiger charge is 2.26. The summed E-state index contributed by atoms with van der Waals surface area (Å²) >= 11 is 12.3. The Labute approximate surface area is 140 Å². The van der Waals surface area contributed by atoms with Crippen molar-refractivity contribution in [2.45, 2.75) is 50.8 Å². The number of halogens is 2. The number of nitrogens with zero attached hydrogens (tertiary/aromatic N) is 1. The average molecular weight is 343 g/mol. The van der Waals surface area contributed by atoms with Crippen molar-refractivity contribution in [1.82, 2.24) is 10.2 Å². The van der Waals surface area contributed by atoms with Gasteiger partial charge in [-0.05, 0) is 55.4 Å². The van der Waals surface area contributed by atoms with E-state index in [1.807, 2.05) is 6.07 Å². The van der Waals surface area contributed by atoms with E-state index in [0.29, 0.717) is 23.1 Å². The number of benzene rings is 1. The van der Waals surface area contributed by atoms with Crippen LogP contribution in [0.25, 0.3) is 0 Å². The first-order valence-corrected chi connectivity index (χ1v) is 8.49. The number of fused-ring (bicyclic) bond motifs is 1. The Morgan fingerprint density at radius 2 is 1.95 bits per heavy atom. The highest BCUT2D eigenvalue weighted by molar-refractivity contribution is 6.35. The van der Waals surface area contributed by atoms with Crippen molar-refractivity contribution in [1.29, 1.82) is 0 Å². The molecule has 120 valence electrons. The van der Waals surface area contributed by atoms with Crippen LogP contribution in [0.2, 0.25) is 10.0 Å². The lowest BCUT2D eigenvalue weighted by molar-refractivity contribution is 0.114. The van der Waals surface area contributed by atoms with Crippen LogP contribution in [0.3, 0.4) is 0 Å². The molecule has 0 saturated heterocycles. The average Bonchev–Trinajstić information content (AvgIpc) is 2.48. The number of rotatable bonds is 1. The van der Waals surface area contributed by atoms with E-state index in [4.69, 9.17) is 23.2 Å². The lowest BCUT2D eigenvalue weighted by Gasteiger charge is -2.33. The molecule has 1 aliphatic carbocycles. The van der Waals surface area contributed by atoms with Gasteiger partial charge in [0.05, 0.1) is 6.10 Å². The predicted octanol–water partition coefficient (Wildman–Crippen LogP) is 3.36. The summed E-state index contributed by atoms with van der Waals surface area (Å²) in [6.07, 6.45) is 3.75. The number of hydrogen-bond acceptors (Lipinski definition) is 2. The molecule has 1 heterocycles. The Bertz CT molecular complexity index is 572. The lowest BCUT2D eigenvalue weighted by Crippen LogP contribution is -2.47. The molecule has 3 rings (SSSR count). The third-order valence-corrected chi connectivity index (χ3v) is 5.11. The monoisotopic (exact) mass is 342 g/mol. The van der Waals surface area contributed by atoms with Crippen molar-refractivity contribution >= 4 is 29.2 Å². The predicted molar refractivity (Wildman–Crippen MR) is 87.4 cm³/mol. The molecule has 1 fully saturated rings. The van der Waals surface area contributed by atoms with E-state index < -0.39 is 0 Å². The maximum Gasteiger partial charge on any atom is 0.317 e. The maximum absolute atomic E-state index is 12.4. The largest absolute Gasteiger partial charge is 0.393 e. The molecule has 1 aliphatic heterocycles. The fourth-order valence-corrected chi connectivity index (χ4v) is 3.90. The summed E-state index contributed by atoms with van der Waals surface area (Å²) in [5.74, 6) is 0. The standard InChI is InChI=1S/C16H20Cl2N2O2/c17-11-7-10-9-20(6-5-14(10)15(18)8-11)16(22)19-12-1-3-13(21)4-2-12/h7-8,12-13,21H,1-6,9H2,(H,19,22). The Balaban J connectivity index is 1.63. The Kier molecular flexibility index (Phi) is 4.81. The molecule has 1 saturated carbocycles. The normalized spacial score (nSPS) is 24.8. The van der Waals surface area contributed by atoms with E-state index in [1.54, 1.807) is 11.0 Å². The van der Waals surface area contributed by atoms with Crippen LogP contribution in [0.1, 0.15) is 36.8 Å². The van der Waals surface area contributed by atoms with Crippen LogP contribution in [-0.4, -0.2) is 34.7 Å². The summed E-state index contributed by atoms with van der Waals surface area (Å²) in [6.45, 7) is 1.20. The van der Waals surface area contributed by atoms with Crippen LogP contribution in [0.5, 0.6) is 0 Å². The number of aliphatic hydroxyl groups excluding tert-OH is 1. The van der Waals surface area contributed by atoms with Crippen molar-refractivity contribution in [2.24, 2.45) is 0 Å². The molecule has 1 aromatic carbocycles. The molecule has 0 spiro atoms. The second-order valence-corrected chi connectivity index (χ2v) is 7.00. The molecule has 0 atom stereocenters. The number of carbonyl (C=O) groups is 1. The molecule has 0 unspecified atom stereocenters. The first kappa shape index (κ1) is 15.9. The molecule has 1 aromatic rings. The molecule has 0 radical (unpaired) electrons. The van der Waals surface area contributed by atoms with Gasteiger partial charge in [-0.25, -0.2) is 4.79 Å². The molecule has 0 aromatic heterocycles. The van der Waals surface area contributed by atoms with E-state index in [1.165, 1.54) is 0 Å². The van der Waals surface area contributed by atoms with Crippen LogP contribution in [0.4, 0.5) is 4.79 Å². The van der Waals surface area contributed by atoms with E-state index >= 15 is 0 Å². The van der Waals surface area contributed by atoms with E-state index in [9.17, 15) is 9.90 Å². The third kappa shape index (κ3) is 3.50. The van der Waals surface area contributed by atoms with Gasteiger partial charge in [-0.2, -0.15) is 0 Å². The molecule has 2 N–H and O–H groups in total. The number of carbonyl (C=O) groups excluding carboxylic acids is 1. The molecular formula is C16H20Cl2N2O2. The highest BCUT2D eigenvalue weighted by atomic mass is 35.5. The molecule has 22 heavy (non-hydrogen) atoms. The minimum absolute atomic E-state index is 0.0388. The molecule has 2 aliphatic rings. The fourth-order valence-electron chi connectivity index (χ4n) is 3.27. The smallest absolute Gasteiger partial charge is 0.317 e. The van der Waals surface area contributed by atoms with Gasteiger partial charge in [0.15, 0.2) is 0 Å². The van der Waals surface area contributed by atoms with Crippen LogP contribution in [-0.2, 0) is 13.0 Å². The second-order valence-electron chi connectivity index (χ2n) is 6.15. The third-order valence-electron chi connectivity index (χ3n) is 4.56. The van der Waals surface area contributed by atoms with Gasteiger partial charge in [0.1, 0.15) is 0 Å². The zero-order valence-corrected chi connectivity index (χ0v) is 13.8. The van der Waals surface area contributed by atoms with E-state index in [-0.39, 0.29) is 18.2 Å². The topological polar surface area (TPSA) is 52.6 Å². The zero-order valence-electron chi connectivity index (χ0n) is 12.3. The Hall–Kier alpha value is -0.970. The summed E-state index contributed by atoms with van der Waals surface area (Å²) in [5, 5.41) is 13.9. The molecule has 2 amide bonds. The van der Waals surface area contributed by atoms with Crippen molar-refractivity contribution in [3.05, 3.63) is 33.3 Å². The quantitative estimate of drug-likeness (QED) is 0.822. The van der Waals surface area contributed by atoms with Gasteiger partial charge in [0.25, 0.3) is 0 Å². The van der Waals surface area contributed by atoms with Crippen LogP contribution in [0, 0.1) is 0 Å². The Morgan fingerprint density at radius 1 is 1.23 bits per heavy atom. The summed E-state index contributed by atoms with van der Waals surface area (Å²) in [7, 11) is 0. The Morgan fingerprint density at radius 3 is 2.68 bits per heavy atom. The molecule has 6 heteroatoms. The van der Waals surface area contributed by atoms with Gasteiger partial charge in [0.2, 0.25) is 0 Å². The van der Waals surface area contributed by atoms with Crippen LogP contribution in [0.15, 0.2) is 12.1 Å². The van der Waals surface area contributed by atoms with Gasteiger partial charge in [0, 0.05) is 29.2 Å². The van der Waals surface area contributed by atoms with Gasteiger partial charge < -0.3 is 15.3 Å². The first-order valence-electron chi connectivity index (χ1n) is 7.73. The second kappa shape index (κ2) is 6.65. The highest BCUT2D eigenvalue weighted by Crippen LogP contribution is 2.30. The summed E-state index contributed by atoms with van der Waals surface area (Å²) in [5.41, 5.74) is 2.12. The van der Waals surface area contributed by atoms with Crippen molar-refractivity contribution in [3.8, 4) is 0 Å². The minimum Gasteiger partial charge on any atom is -0.393 e. The van der Waals surface area contributed by atoms with E-state index in [2.05, 4.69) is 5.32 Å². The van der Waals surface area contributed by atoms with Crippen molar-refractivity contribution in [2.75, 3.05) is 6.54 Å². The summed E-state index contributed by atoms with van der Waals surface area (Å²) in [4.78, 5) is 14.2. The van der Waals surface area contributed by atoms with Crippen molar-refractivity contribution < 1.29 is 9.90 Å². The maximum atomic E-state index is 12.4. The van der Waals surface area contributed by atoms with Crippen LogP contribution >= 0.6 is 23.2 Å². The number of urea groups is 1. The number of aliphatic hydroxyl groups is 1. The summed E-state index contributed by atoms with van der Waals surface area (Å²) < 4.78 is 0. The van der Waals surface area contributed by atoms with Crippen LogP contribution < -0.4 is 5.32 Å². The SMILES string of the molecule is O=C(NC1CCC(O)CC1)N1CCc2c(Cl)cc(Cl)cc2C1. The minimum atomic E-state index is -0.209. The van der Waals surface area contributed by atoms with Gasteiger partial charge in [-0.1, -0.05) is 23.2 Å². The fraction of sp³-hybridized carbons (Fsp3) is 0.562. The van der Waals surface area contributed by atoms with Gasteiger partial charge in [-0.15, -0.1) is 0 Å². The number of nitrogens with one attached hydrogen (secondary N) is 1. The molecule has 0 bridgehead atoms. The first-order chi connectivity index (χ1) is 10.5. The van der Waals surface area contributed by atoms with E-state index in [0.717, 1.165) is 43.2 Å². The zero-order chi connectivity index (χ0) is 15.7. The lowest BCUT2D eigenvalue weighted by atomic mass is 9.93. The van der Waals surface area contributed by atoms with Crippen molar-refractivity contribution in [3.63, 3.8) is 0 Å². The van der Waals surface area contributed by atoms with Gasteiger partial charge >= 0.3 is 6.03 Å². The number of amides is 2. The summed E-state index contributed by atoms with van der Waals surface area (Å²) in [6, 6.07) is 3.77. The van der Waals surface area contributed by atoms with Gasteiger partial charge in [-0.3, -0.25) is 0 Å². The number of hydrogen-bond donors (Lipinski definition) is 2.